The molecule has 0 atom stereocenters. The average Bonchev–Trinajstić information content (AvgIpc) is 2.43. The van der Waals surface area contributed by atoms with Crippen LogP contribution in [0, 0.1) is 10.1 Å². The minimum atomic E-state index is -1.20. The van der Waals surface area contributed by atoms with Gasteiger partial charge in [0.05, 0.1) is 6.61 Å². The number of phenolic OH excluding ortho intramolecular Hbond substituents is 1. The van der Waals surface area contributed by atoms with E-state index in [4.69, 9.17) is 9.84 Å². The maximum absolute atomic E-state index is 11.6. The topological polar surface area (TPSA) is 136 Å². The van der Waals surface area contributed by atoms with Crippen molar-refractivity contribution in [3.8, 4) is 11.5 Å². The third-order valence-electron chi connectivity index (χ3n) is 2.34. The van der Waals surface area contributed by atoms with Crippen molar-refractivity contribution in [2.75, 3.05) is 6.61 Å². The molecule has 22 heavy (non-hydrogen) atoms. The van der Waals surface area contributed by atoms with Crippen LogP contribution >= 0.6 is 0 Å². The minimum Gasteiger partial charge on any atom is -0.508 e. The highest BCUT2D eigenvalue weighted by atomic mass is 16.9. The Morgan fingerprint density at radius 1 is 1.36 bits per heavy atom. The lowest BCUT2D eigenvalue weighted by molar-refractivity contribution is -0.757. The SMILES string of the molecule is O=C(O)C=Cc1cc(O)ccc1OC(=O)CCCO[N+](=O)[O-]. The van der Waals surface area contributed by atoms with Gasteiger partial charge in [-0.3, -0.25) is 4.79 Å². The predicted octanol–water partition coefficient (Wildman–Crippen LogP) is 1.38. The number of hydrogen-bond donors (Lipinski definition) is 2. The summed E-state index contributed by atoms with van der Waals surface area (Å²) in [5.41, 5.74) is 0.206. The van der Waals surface area contributed by atoms with Crippen LogP contribution in [-0.4, -0.2) is 33.8 Å². The number of aliphatic carboxylic acids is 1. The number of hydrogen-bond acceptors (Lipinski definition) is 7. The predicted molar refractivity (Wildman–Crippen MR) is 72.6 cm³/mol. The van der Waals surface area contributed by atoms with E-state index in [2.05, 4.69) is 4.84 Å². The van der Waals surface area contributed by atoms with Crippen molar-refractivity contribution in [2.45, 2.75) is 12.8 Å². The summed E-state index contributed by atoms with van der Waals surface area (Å²) in [6.45, 7) is -0.233. The highest BCUT2D eigenvalue weighted by molar-refractivity contribution is 5.86. The molecule has 0 aliphatic carbocycles. The van der Waals surface area contributed by atoms with E-state index in [1.54, 1.807) is 0 Å². The van der Waals surface area contributed by atoms with E-state index in [-0.39, 0.29) is 36.5 Å². The molecule has 9 nitrogen and oxygen atoms in total. The molecule has 1 aromatic carbocycles. The van der Waals surface area contributed by atoms with Gasteiger partial charge in [0.1, 0.15) is 11.5 Å². The fourth-order valence-electron chi connectivity index (χ4n) is 1.45. The van der Waals surface area contributed by atoms with E-state index >= 15 is 0 Å². The second-order valence-corrected chi connectivity index (χ2v) is 4.03. The number of carbonyl (C=O) groups excluding carboxylic acids is 1. The lowest BCUT2D eigenvalue weighted by Crippen LogP contribution is -2.11. The maximum Gasteiger partial charge on any atom is 0.328 e. The Balaban J connectivity index is 2.65. The summed E-state index contributed by atoms with van der Waals surface area (Å²) in [7, 11) is 0. The Morgan fingerprint density at radius 3 is 2.73 bits per heavy atom. The second-order valence-electron chi connectivity index (χ2n) is 4.03. The standard InChI is InChI=1S/C13H13NO8/c15-10-4-5-11(9(8-10)3-6-12(16)17)22-13(18)2-1-7-21-14(19)20/h3-6,8,15H,1-2,7H2,(H,16,17). The number of carboxylic acid groups (broad SMARTS) is 1. The van der Waals surface area contributed by atoms with Gasteiger partial charge in [0.25, 0.3) is 5.09 Å². The zero-order chi connectivity index (χ0) is 16.5. The first-order valence-electron chi connectivity index (χ1n) is 6.10. The zero-order valence-corrected chi connectivity index (χ0v) is 11.3. The number of ether oxygens (including phenoxy) is 1. The number of carboxylic acids is 1. The van der Waals surface area contributed by atoms with Crippen molar-refractivity contribution < 1.29 is 34.5 Å². The van der Waals surface area contributed by atoms with E-state index in [0.29, 0.717) is 0 Å². The number of esters is 1. The smallest absolute Gasteiger partial charge is 0.328 e. The van der Waals surface area contributed by atoms with Crippen LogP contribution in [0.1, 0.15) is 18.4 Å². The molecule has 0 aliphatic heterocycles. The summed E-state index contributed by atoms with van der Waals surface area (Å²) in [6.07, 6.45) is 1.98. The highest BCUT2D eigenvalue weighted by Gasteiger charge is 2.09. The number of phenols is 1. The Morgan fingerprint density at radius 2 is 2.09 bits per heavy atom. The summed E-state index contributed by atoms with van der Waals surface area (Å²) in [4.78, 5) is 36.1. The fraction of sp³-hybridized carbons (Fsp3) is 0.231. The van der Waals surface area contributed by atoms with Gasteiger partial charge in [0.15, 0.2) is 0 Å². The van der Waals surface area contributed by atoms with Crippen molar-refractivity contribution in [1.29, 1.82) is 0 Å². The van der Waals surface area contributed by atoms with Gasteiger partial charge in [-0.25, -0.2) is 4.79 Å². The molecule has 0 spiro atoms. The van der Waals surface area contributed by atoms with E-state index in [0.717, 1.165) is 6.08 Å². The van der Waals surface area contributed by atoms with Crippen LogP contribution in [0.3, 0.4) is 0 Å². The van der Waals surface area contributed by atoms with Gasteiger partial charge >= 0.3 is 11.9 Å². The molecule has 0 saturated carbocycles. The molecular formula is C13H13NO8. The largest absolute Gasteiger partial charge is 0.508 e. The lowest BCUT2D eigenvalue weighted by atomic mass is 10.1. The lowest BCUT2D eigenvalue weighted by Gasteiger charge is -2.08. The first-order valence-corrected chi connectivity index (χ1v) is 6.10. The van der Waals surface area contributed by atoms with Crippen LogP contribution in [0.5, 0.6) is 11.5 Å². The van der Waals surface area contributed by atoms with Crippen LogP contribution in [0.15, 0.2) is 24.3 Å². The summed E-state index contributed by atoms with van der Waals surface area (Å²) in [6, 6.07) is 3.82. The molecule has 0 heterocycles. The summed E-state index contributed by atoms with van der Waals surface area (Å²) >= 11 is 0. The number of nitrogens with zero attached hydrogens (tertiary/aromatic N) is 1. The van der Waals surface area contributed by atoms with Gasteiger partial charge in [-0.2, -0.15) is 0 Å². The molecule has 0 unspecified atom stereocenters. The summed E-state index contributed by atoms with van der Waals surface area (Å²) in [5, 5.41) is 26.9. The summed E-state index contributed by atoms with van der Waals surface area (Å²) < 4.78 is 5.02. The maximum atomic E-state index is 11.6. The van der Waals surface area contributed by atoms with Crippen LogP contribution in [0.25, 0.3) is 6.08 Å². The molecule has 2 N–H and O–H groups in total. The summed E-state index contributed by atoms with van der Waals surface area (Å²) in [5.74, 6) is -1.92. The Labute approximate surface area is 124 Å². The van der Waals surface area contributed by atoms with Gasteiger partial charge in [0, 0.05) is 18.1 Å². The molecule has 1 rings (SSSR count). The highest BCUT2D eigenvalue weighted by Crippen LogP contribution is 2.25. The molecule has 0 radical (unpaired) electrons. The molecule has 0 aliphatic rings. The Hall–Kier alpha value is -3.10. The average molecular weight is 311 g/mol. The first-order chi connectivity index (χ1) is 10.4. The molecule has 0 amide bonds. The Bertz CT molecular complexity index is 596. The third-order valence-corrected chi connectivity index (χ3v) is 2.34. The van der Waals surface area contributed by atoms with Crippen LogP contribution < -0.4 is 4.74 Å². The molecular weight excluding hydrogens is 298 g/mol. The van der Waals surface area contributed by atoms with Gasteiger partial charge < -0.3 is 19.8 Å². The quantitative estimate of drug-likeness (QED) is 0.183. The van der Waals surface area contributed by atoms with Crippen LogP contribution in [0.4, 0.5) is 0 Å². The first kappa shape index (κ1) is 17.0. The molecule has 1 aromatic rings. The zero-order valence-electron chi connectivity index (χ0n) is 11.3. The monoisotopic (exact) mass is 311 g/mol. The number of carbonyl (C=O) groups is 2. The van der Waals surface area contributed by atoms with Crippen molar-refractivity contribution in [3.05, 3.63) is 40.0 Å². The van der Waals surface area contributed by atoms with Gasteiger partial charge in [-0.05, 0) is 30.7 Å². The van der Waals surface area contributed by atoms with Crippen molar-refractivity contribution >= 4 is 18.0 Å². The van der Waals surface area contributed by atoms with Crippen molar-refractivity contribution in [3.63, 3.8) is 0 Å². The van der Waals surface area contributed by atoms with Crippen molar-refractivity contribution in [1.82, 2.24) is 0 Å². The normalized spacial score (nSPS) is 10.4. The van der Waals surface area contributed by atoms with Gasteiger partial charge in [-0.1, -0.05) is 0 Å². The Kier molecular flexibility index (Phi) is 6.35. The molecule has 9 heteroatoms. The van der Waals surface area contributed by atoms with Crippen molar-refractivity contribution in [2.24, 2.45) is 0 Å². The fourth-order valence-corrected chi connectivity index (χ4v) is 1.45. The minimum absolute atomic E-state index is 0.0653. The van der Waals surface area contributed by atoms with E-state index in [9.17, 15) is 24.8 Å². The second kappa shape index (κ2) is 8.25. The van der Waals surface area contributed by atoms with Gasteiger partial charge in [0.2, 0.25) is 0 Å². The number of benzene rings is 1. The number of aromatic hydroxyl groups is 1. The molecule has 0 bridgehead atoms. The van der Waals surface area contributed by atoms with Crippen LogP contribution in [-0.2, 0) is 14.4 Å². The molecule has 0 aromatic heterocycles. The van der Waals surface area contributed by atoms with Crippen LogP contribution in [0.2, 0.25) is 0 Å². The third kappa shape index (κ3) is 6.37. The van der Waals surface area contributed by atoms with Gasteiger partial charge in [-0.15, -0.1) is 10.1 Å². The molecule has 0 fully saturated rings. The number of rotatable bonds is 8. The van der Waals surface area contributed by atoms with E-state index in [1.165, 1.54) is 24.3 Å². The molecule has 0 saturated heterocycles. The molecule has 118 valence electrons. The van der Waals surface area contributed by atoms with E-state index < -0.39 is 17.0 Å². The van der Waals surface area contributed by atoms with E-state index in [1.807, 2.05) is 0 Å².